The normalized spacial score (nSPS) is 14.7. The van der Waals surface area contributed by atoms with Crippen molar-refractivity contribution in [1.82, 2.24) is 0 Å². The fraction of sp³-hybridized carbons (Fsp3) is 0.0926. The van der Waals surface area contributed by atoms with Crippen LogP contribution in [0.2, 0.25) is 0 Å². The van der Waals surface area contributed by atoms with Crippen molar-refractivity contribution in [2.24, 2.45) is 0 Å². The fourth-order valence-electron chi connectivity index (χ4n) is 7.37. The van der Waals surface area contributed by atoms with Gasteiger partial charge in [0.2, 0.25) is 19.7 Å². The fourth-order valence-corrected chi connectivity index (χ4v) is 13.0. The minimum Gasteiger partial charge on any atom is -0.540 e. The van der Waals surface area contributed by atoms with Crippen LogP contribution in [-0.2, 0) is 49.6 Å². The minimum atomic E-state index is -3.88. The van der Waals surface area contributed by atoms with Gasteiger partial charge in [0.15, 0.2) is 0 Å². The van der Waals surface area contributed by atoms with Gasteiger partial charge in [0.1, 0.15) is 27.4 Å². The Bertz CT molecular complexity index is 2950. The summed E-state index contributed by atoms with van der Waals surface area (Å²) in [4.78, 5) is 0.621. The molecule has 9 rings (SSSR count). The van der Waals surface area contributed by atoms with Gasteiger partial charge in [-0.05, 0) is 86.7 Å². The average Bonchev–Trinajstić information content (AvgIpc) is 3.97. The number of hydrogen-bond donors (Lipinski definition) is 0. The molecule has 6 nitrogen and oxygen atoms in total. The Morgan fingerprint density at radius 2 is 0.875 bits per heavy atom. The monoisotopic (exact) mass is 990 g/mol. The molecule has 0 amide bonds. The molecular formula is C54H45O6PPdS2. The molecule has 2 heterocycles. The van der Waals surface area contributed by atoms with Crippen molar-refractivity contribution in [1.29, 1.82) is 0 Å². The summed E-state index contributed by atoms with van der Waals surface area (Å²) in [6.45, 7) is 3.79. The third-order valence-corrected chi connectivity index (χ3v) is 17.1. The van der Waals surface area contributed by atoms with E-state index in [4.69, 9.17) is 9.47 Å². The number of rotatable bonds is 10. The van der Waals surface area contributed by atoms with Crippen LogP contribution in [0.1, 0.15) is 35.1 Å². The summed E-state index contributed by atoms with van der Waals surface area (Å²) in [6.07, 6.45) is 2.23. The first-order chi connectivity index (χ1) is 30.6. The van der Waals surface area contributed by atoms with E-state index in [9.17, 15) is 16.8 Å². The third kappa shape index (κ3) is 10.6. The Balaban J connectivity index is 0.000000255. The molecule has 64 heavy (non-hydrogen) atoms. The number of ether oxygens (including phenoxy) is 2. The SMILES string of the molecule is Cc1ccc(S(=O)(=O)C2=C(c3ccccc3)OC(=C=[C-]C3CC(S(=O)(=O)c4ccc(C)cc4)=C(c4ccccc4)O3)C2)cc1.[Pd].c1ccc([PH+](c2ccccc2)c2ccccc2)cc1. The number of hydrogen-bond acceptors (Lipinski definition) is 6. The van der Waals surface area contributed by atoms with E-state index in [0.29, 0.717) is 11.1 Å². The van der Waals surface area contributed by atoms with Crippen molar-refractivity contribution in [2.45, 2.75) is 42.6 Å². The topological polar surface area (TPSA) is 86.7 Å². The van der Waals surface area contributed by atoms with Crippen molar-refractivity contribution in [3.8, 4) is 0 Å². The molecular weight excluding hydrogens is 946 g/mol. The zero-order valence-electron chi connectivity index (χ0n) is 35.1. The van der Waals surface area contributed by atoms with E-state index in [2.05, 4.69) is 103 Å². The van der Waals surface area contributed by atoms with E-state index in [0.717, 1.165) is 11.1 Å². The van der Waals surface area contributed by atoms with E-state index >= 15 is 0 Å². The van der Waals surface area contributed by atoms with E-state index in [1.807, 2.05) is 50.2 Å². The first-order valence-corrected chi connectivity index (χ1v) is 25.0. The van der Waals surface area contributed by atoms with Gasteiger partial charge in [-0.3, -0.25) is 5.73 Å². The maximum atomic E-state index is 13.8. The Kier molecular flexibility index (Phi) is 15.0. The van der Waals surface area contributed by atoms with Crippen molar-refractivity contribution in [2.75, 3.05) is 0 Å². The summed E-state index contributed by atoms with van der Waals surface area (Å²) in [5.74, 6) is 0.733. The van der Waals surface area contributed by atoms with Crippen LogP contribution in [0.3, 0.4) is 0 Å². The molecule has 2 aliphatic heterocycles. The molecule has 0 N–H and O–H groups in total. The van der Waals surface area contributed by atoms with Gasteiger partial charge in [-0.25, -0.2) is 16.8 Å². The molecule has 10 heteroatoms. The summed E-state index contributed by atoms with van der Waals surface area (Å²) in [7, 11) is -8.63. The van der Waals surface area contributed by atoms with Gasteiger partial charge in [0.25, 0.3) is 0 Å². The zero-order valence-corrected chi connectivity index (χ0v) is 39.3. The molecule has 324 valence electrons. The summed E-state index contributed by atoms with van der Waals surface area (Å²) >= 11 is 0. The van der Waals surface area contributed by atoms with Crippen LogP contribution >= 0.6 is 7.92 Å². The van der Waals surface area contributed by atoms with Gasteiger partial charge in [-0.15, -0.1) is 0 Å². The first-order valence-electron chi connectivity index (χ1n) is 20.5. The van der Waals surface area contributed by atoms with E-state index in [-0.39, 0.29) is 70.1 Å². The molecule has 0 saturated heterocycles. The second kappa shape index (κ2) is 20.8. The van der Waals surface area contributed by atoms with Gasteiger partial charge in [-0.1, -0.05) is 151 Å². The van der Waals surface area contributed by atoms with E-state index < -0.39 is 33.7 Å². The van der Waals surface area contributed by atoms with Crippen molar-refractivity contribution >= 4 is 55.0 Å². The van der Waals surface area contributed by atoms with Crippen LogP contribution in [-0.4, -0.2) is 22.9 Å². The number of sulfone groups is 2. The van der Waals surface area contributed by atoms with Crippen LogP contribution in [0.4, 0.5) is 0 Å². The van der Waals surface area contributed by atoms with Gasteiger partial charge < -0.3 is 9.47 Å². The number of benzene rings is 7. The van der Waals surface area contributed by atoms with Gasteiger partial charge >= 0.3 is 0 Å². The molecule has 0 aromatic heterocycles. The molecule has 0 aliphatic carbocycles. The van der Waals surface area contributed by atoms with Gasteiger partial charge in [-0.2, -0.15) is 6.08 Å². The average molecular weight is 991 g/mol. The van der Waals surface area contributed by atoms with Crippen LogP contribution < -0.4 is 15.9 Å². The van der Waals surface area contributed by atoms with Crippen molar-refractivity contribution in [3.05, 3.63) is 250 Å². The zero-order chi connectivity index (χ0) is 43.8. The predicted octanol–water partition coefficient (Wildman–Crippen LogP) is 10.5. The molecule has 7 aromatic rings. The molecule has 0 spiro atoms. The van der Waals surface area contributed by atoms with Gasteiger partial charge in [0, 0.05) is 38.0 Å². The summed E-state index contributed by atoms with van der Waals surface area (Å²) in [6, 6.07) is 64.0. The van der Waals surface area contributed by atoms with E-state index in [1.165, 1.54) is 15.9 Å². The molecule has 0 saturated carbocycles. The second-order valence-electron chi connectivity index (χ2n) is 15.1. The van der Waals surface area contributed by atoms with Crippen LogP contribution in [0.25, 0.3) is 11.5 Å². The third-order valence-electron chi connectivity index (χ3n) is 10.6. The smallest absolute Gasteiger partial charge is 0.206 e. The maximum absolute atomic E-state index is 13.8. The van der Waals surface area contributed by atoms with Gasteiger partial charge in [0.05, 0.1) is 33.6 Å². The van der Waals surface area contributed by atoms with Crippen LogP contribution in [0.5, 0.6) is 0 Å². The Morgan fingerprint density at radius 1 is 0.500 bits per heavy atom. The largest absolute Gasteiger partial charge is 0.540 e. The quantitative estimate of drug-likeness (QED) is 0.0587. The van der Waals surface area contributed by atoms with Crippen LogP contribution in [0.15, 0.2) is 231 Å². The van der Waals surface area contributed by atoms with E-state index in [1.54, 1.807) is 72.8 Å². The summed E-state index contributed by atoms with van der Waals surface area (Å²) in [5.41, 5.74) is 6.12. The molecule has 0 radical (unpaired) electrons. The molecule has 0 bridgehead atoms. The van der Waals surface area contributed by atoms with Crippen molar-refractivity contribution in [3.63, 3.8) is 0 Å². The molecule has 7 aromatic carbocycles. The van der Waals surface area contributed by atoms with Crippen molar-refractivity contribution < 1.29 is 46.7 Å². The second-order valence-corrected chi connectivity index (χ2v) is 21.5. The minimum absolute atomic E-state index is 0. The maximum Gasteiger partial charge on any atom is 0.206 e. The first kappa shape index (κ1) is 46.1. The Labute approximate surface area is 391 Å². The molecule has 2 aliphatic rings. The summed E-state index contributed by atoms with van der Waals surface area (Å²) < 4.78 is 67.3. The Hall–Kier alpha value is -5.87. The molecule has 1 atom stereocenters. The molecule has 0 fully saturated rings. The number of aryl methyl sites for hydroxylation is 2. The van der Waals surface area contributed by atoms with Crippen LogP contribution in [0, 0.1) is 19.9 Å². The summed E-state index contributed by atoms with van der Waals surface area (Å²) in [5, 5.41) is 4.31. The molecule has 1 unspecified atom stereocenters. The predicted molar refractivity (Wildman–Crippen MR) is 255 cm³/mol. The Morgan fingerprint density at radius 3 is 1.30 bits per heavy atom. The standard InChI is InChI=1S/C36H29O6S2.C18H15P.Pd/c1-25-13-19-31(20-14-25)43(37,38)33-23-29(41-35(33)27-9-5-3-6-10-27)17-18-30-24-34(36(42-30)28-11-7-4-8-12-28)44(39,40)32-21-15-26(2)16-22-32;1-4-10-16(11-5-1)19(17-12-6-2-7-13-17)18-14-8-3-9-15-18;/h3-16,19-22,29H,23-24H2,1-2H3;1-15H;/q-1;;/p+1.